The Labute approximate surface area is 326 Å². The van der Waals surface area contributed by atoms with Gasteiger partial charge in [0.05, 0.1) is 14.2 Å². The third-order valence-corrected chi connectivity index (χ3v) is 15.5. The number of methoxy groups -OCH3 is 2. The summed E-state index contributed by atoms with van der Waals surface area (Å²) in [6.45, 7) is 22.8. The van der Waals surface area contributed by atoms with Crippen LogP contribution in [0.3, 0.4) is 0 Å². The van der Waals surface area contributed by atoms with E-state index in [1.807, 2.05) is 19.1 Å². The number of amides is 1. The Hall–Kier alpha value is -5.02. The van der Waals surface area contributed by atoms with Gasteiger partial charge in [0.1, 0.15) is 39.2 Å². The van der Waals surface area contributed by atoms with Crippen molar-refractivity contribution in [3.05, 3.63) is 116 Å². The van der Waals surface area contributed by atoms with E-state index >= 15 is 0 Å². The van der Waals surface area contributed by atoms with E-state index in [0.29, 0.717) is 11.5 Å². The van der Waals surface area contributed by atoms with Crippen LogP contribution in [-0.2, 0) is 19.1 Å². The third-order valence-electron chi connectivity index (χ3n) is 12.0. The monoisotopic (exact) mass is 759 g/mol. The maximum atomic E-state index is 13.8. The second-order valence-corrected chi connectivity index (χ2v) is 20.8. The average molecular weight is 760 g/mol. The van der Waals surface area contributed by atoms with E-state index in [1.165, 1.54) is 63.0 Å². The topological polar surface area (TPSA) is 85.2 Å². The van der Waals surface area contributed by atoms with Crippen LogP contribution in [0, 0.1) is 27.7 Å². The maximum absolute atomic E-state index is 13.8. The first-order valence-corrected chi connectivity index (χ1v) is 22.2. The molecule has 8 nitrogen and oxygen atoms in total. The highest BCUT2D eigenvalue weighted by Crippen LogP contribution is 2.33. The van der Waals surface area contributed by atoms with E-state index in [0.717, 1.165) is 46.1 Å². The average Bonchev–Trinajstić information content (AvgIpc) is 3.13. The molecule has 4 aromatic carbocycles. The zero-order valence-electron chi connectivity index (χ0n) is 34.5. The number of carbonyl (C=O) groups is 3. The number of esters is 2. The van der Waals surface area contributed by atoms with Gasteiger partial charge in [-0.05, 0) is 151 Å². The first-order valence-electron chi connectivity index (χ1n) is 19.2. The summed E-state index contributed by atoms with van der Waals surface area (Å²) in [5, 5.41) is 5.23. The minimum absolute atomic E-state index is 0.0279. The minimum Gasteiger partial charge on any atom is -0.468 e. The molecule has 6 rings (SSSR count). The number of ether oxygens (including phenoxy) is 3. The Bertz CT molecular complexity index is 2340. The highest BCUT2D eigenvalue weighted by molar-refractivity contribution is 7.01. The molecule has 0 saturated heterocycles. The Morgan fingerprint density at radius 1 is 0.800 bits per heavy atom. The molecular weight excluding hydrogens is 705 g/mol. The van der Waals surface area contributed by atoms with Crippen LogP contribution < -0.4 is 30.3 Å². The van der Waals surface area contributed by atoms with Gasteiger partial charge in [-0.1, -0.05) is 32.2 Å². The summed E-state index contributed by atoms with van der Waals surface area (Å²) in [5.74, 6) is 0.306. The summed E-state index contributed by atoms with van der Waals surface area (Å²) >= 11 is 0. The fraction of sp³-hybridized carbons (Fsp3) is 0.391. The van der Waals surface area contributed by atoms with Crippen molar-refractivity contribution in [2.75, 3.05) is 33.9 Å². The fourth-order valence-corrected chi connectivity index (χ4v) is 11.9. The van der Waals surface area contributed by atoms with Gasteiger partial charge in [0, 0.05) is 23.6 Å². The number of aryl methyl sites for hydroxylation is 3. The second-order valence-electron chi connectivity index (χ2n) is 16.5. The lowest BCUT2D eigenvalue weighted by atomic mass is 9.82. The van der Waals surface area contributed by atoms with Gasteiger partial charge in [-0.25, -0.2) is 4.58 Å². The van der Waals surface area contributed by atoms with Crippen molar-refractivity contribution in [3.63, 3.8) is 0 Å². The van der Waals surface area contributed by atoms with E-state index in [4.69, 9.17) is 14.2 Å². The Kier molecular flexibility index (Phi) is 10.7. The van der Waals surface area contributed by atoms with Gasteiger partial charge >= 0.3 is 11.9 Å². The summed E-state index contributed by atoms with van der Waals surface area (Å²) in [7, 11) is 0.171. The van der Waals surface area contributed by atoms with Crippen LogP contribution in [0.4, 0.5) is 0 Å². The summed E-state index contributed by atoms with van der Waals surface area (Å²) in [6.07, 6.45) is 1.06. The molecule has 0 aromatic heterocycles. The first kappa shape index (κ1) is 39.7. The molecule has 2 aliphatic rings. The van der Waals surface area contributed by atoms with Gasteiger partial charge in [-0.3, -0.25) is 14.4 Å². The Morgan fingerprint density at radius 3 is 2.00 bits per heavy atom. The van der Waals surface area contributed by atoms with E-state index in [9.17, 15) is 14.4 Å². The van der Waals surface area contributed by atoms with Crippen molar-refractivity contribution < 1.29 is 28.6 Å². The molecule has 0 saturated carbocycles. The molecule has 55 heavy (non-hydrogen) atoms. The lowest BCUT2D eigenvalue weighted by Gasteiger charge is -2.36. The number of nitrogens with zero attached hydrogens (tertiary/aromatic N) is 2. The van der Waals surface area contributed by atoms with Crippen LogP contribution >= 0.6 is 0 Å². The van der Waals surface area contributed by atoms with Crippen LogP contribution in [0.1, 0.15) is 89.3 Å². The van der Waals surface area contributed by atoms with Crippen molar-refractivity contribution in [2.45, 2.75) is 86.4 Å². The molecule has 0 N–H and O–H groups in total. The van der Waals surface area contributed by atoms with Gasteiger partial charge in [0.2, 0.25) is 5.36 Å². The van der Waals surface area contributed by atoms with Crippen LogP contribution in [0.25, 0.3) is 5.57 Å². The molecule has 0 bridgehead atoms. The fourth-order valence-electron chi connectivity index (χ4n) is 8.84. The predicted molar refractivity (Wildman–Crippen MR) is 221 cm³/mol. The molecule has 0 radical (unpaired) electrons. The van der Waals surface area contributed by atoms with E-state index in [1.54, 1.807) is 6.07 Å². The lowest BCUT2D eigenvalue weighted by Crippen LogP contribution is -2.65. The smallest absolute Gasteiger partial charge is 0.325 e. The van der Waals surface area contributed by atoms with Crippen LogP contribution in [0.5, 0.6) is 11.5 Å². The predicted octanol–water partition coefficient (Wildman–Crippen LogP) is 5.68. The van der Waals surface area contributed by atoms with E-state index in [-0.39, 0.29) is 18.6 Å². The second kappa shape index (κ2) is 14.9. The normalized spacial score (nSPS) is 16.4. The molecular formula is C46H55N2O6Si+. The van der Waals surface area contributed by atoms with Crippen LogP contribution in [-0.4, -0.2) is 70.2 Å². The molecule has 0 spiro atoms. The van der Waals surface area contributed by atoms with Gasteiger partial charge < -0.3 is 19.1 Å². The number of hydrogen-bond acceptors (Lipinski definition) is 6. The third kappa shape index (κ3) is 7.26. The van der Waals surface area contributed by atoms with Crippen LogP contribution in [0.2, 0.25) is 13.1 Å². The number of fused-ring (bicyclic) bond motifs is 3. The summed E-state index contributed by atoms with van der Waals surface area (Å²) < 4.78 is 18.8. The number of carbonyl (C=O) groups excluding carboxylic acids is 3. The molecule has 288 valence electrons. The molecule has 1 amide bonds. The minimum atomic E-state index is -2.33. The quantitative estimate of drug-likeness (QED) is 0.124. The van der Waals surface area contributed by atoms with E-state index < -0.39 is 25.9 Å². The molecule has 2 aliphatic heterocycles. The largest absolute Gasteiger partial charge is 0.468 e. The number of benzene rings is 4. The Morgan fingerprint density at radius 2 is 1.42 bits per heavy atom. The molecule has 1 atom stereocenters. The highest BCUT2D eigenvalue weighted by atomic mass is 28.3. The molecule has 9 heteroatoms. The Balaban J connectivity index is 1.59. The first-order chi connectivity index (χ1) is 25.9. The summed E-state index contributed by atoms with van der Waals surface area (Å²) in [5.41, 5.74) is 9.65. The maximum Gasteiger partial charge on any atom is 0.325 e. The molecule has 0 fully saturated rings. The van der Waals surface area contributed by atoms with Gasteiger partial charge in [0.15, 0.2) is 5.54 Å². The molecule has 2 heterocycles. The van der Waals surface area contributed by atoms with Crippen molar-refractivity contribution in [3.8, 4) is 11.5 Å². The lowest BCUT2D eigenvalue weighted by molar-refractivity contribution is -0.144. The summed E-state index contributed by atoms with van der Waals surface area (Å²) in [4.78, 5) is 39.4. The highest BCUT2D eigenvalue weighted by Gasteiger charge is 2.41. The molecule has 4 aromatic rings. The number of rotatable bonds is 9. The standard InChI is InChI=1S/C46H55N2O6Si/c1-13-48-39-23-41-38(22-37(39)30(5)24-46(48,7)8)44(35-16-14-32(18-29(35)4)45(51)47(25-42(49)52-9)26-43(50)53-10)36-17-15-33(21-40(36)55(41,11)12)54-34-19-27(2)31(6)28(3)20-34/h14-23,30H,13,24-26H2,1-12H3/q+1. The van der Waals surface area contributed by atoms with Gasteiger partial charge in [0.25, 0.3) is 5.91 Å². The number of hydrogen-bond donors (Lipinski definition) is 0. The zero-order valence-corrected chi connectivity index (χ0v) is 35.5. The van der Waals surface area contributed by atoms with E-state index in [2.05, 4.69) is 109 Å². The molecule has 0 aliphatic carbocycles. The van der Waals surface area contributed by atoms with Gasteiger partial charge in [-0.2, -0.15) is 0 Å². The van der Waals surface area contributed by atoms with Crippen molar-refractivity contribution >= 4 is 41.9 Å². The zero-order chi connectivity index (χ0) is 40.1. The van der Waals surface area contributed by atoms with Gasteiger partial charge in [-0.15, -0.1) is 0 Å². The molecule has 1 unspecified atom stereocenters. The van der Waals surface area contributed by atoms with Crippen molar-refractivity contribution in [2.24, 2.45) is 0 Å². The van der Waals surface area contributed by atoms with Crippen molar-refractivity contribution in [1.29, 1.82) is 0 Å². The summed E-state index contributed by atoms with van der Waals surface area (Å²) in [6, 6.07) is 21.3. The van der Waals surface area contributed by atoms with Crippen LogP contribution in [0.15, 0.2) is 60.7 Å². The van der Waals surface area contributed by atoms with Crippen molar-refractivity contribution in [1.82, 2.24) is 9.48 Å². The SMILES string of the molecule is CC[N+]1=c2cc3c(cc2C(C)CC1(C)C)=C(c1ccc(C(=O)N(CC(=O)OC)CC(=O)OC)cc1C)c1ccc(Oc2cc(C)c(C)c(C)c2)cc1[Si]3(C)C.